The number of likely N-dealkylation sites (tertiary alicyclic amines) is 1. The van der Waals surface area contributed by atoms with Crippen LogP contribution in [0.15, 0.2) is 12.3 Å². The van der Waals surface area contributed by atoms with Crippen molar-refractivity contribution in [1.29, 1.82) is 0 Å². The van der Waals surface area contributed by atoms with Crippen molar-refractivity contribution in [3.8, 4) is 0 Å². The third-order valence-corrected chi connectivity index (χ3v) is 4.93. The van der Waals surface area contributed by atoms with Gasteiger partial charge in [-0.05, 0) is 19.9 Å². The summed E-state index contributed by atoms with van der Waals surface area (Å²) in [6, 6.07) is 0.839. The molecule has 1 N–H and O–H groups in total. The zero-order valence-electron chi connectivity index (χ0n) is 14.7. The molecule has 2 atom stereocenters. The number of carbonyl (C=O) groups excluding carboxylic acids is 1. The smallest absolute Gasteiger partial charge is 0.369 e. The van der Waals surface area contributed by atoms with Crippen LogP contribution in [-0.4, -0.2) is 50.2 Å². The molecule has 0 aliphatic carbocycles. The van der Waals surface area contributed by atoms with E-state index in [4.69, 9.17) is 4.74 Å². The third kappa shape index (κ3) is 3.18. The van der Waals surface area contributed by atoms with Gasteiger partial charge in [-0.1, -0.05) is 0 Å². The minimum absolute atomic E-state index is 0.0145. The SMILES string of the molecule is C[C@@H]1Cc2c(C(=O)N3CC(c4nccc(C(F)(F)F)n4)C3)n[nH]c2[C@H](C)O1. The predicted molar refractivity (Wildman–Crippen MR) is 86.9 cm³/mol. The third-order valence-electron chi connectivity index (χ3n) is 4.93. The van der Waals surface area contributed by atoms with Gasteiger partial charge in [0.25, 0.3) is 5.91 Å². The Morgan fingerprint density at radius 2 is 2.07 bits per heavy atom. The summed E-state index contributed by atoms with van der Waals surface area (Å²) in [4.78, 5) is 21.8. The van der Waals surface area contributed by atoms with Crippen LogP contribution < -0.4 is 0 Å². The fourth-order valence-corrected chi connectivity index (χ4v) is 3.54. The number of rotatable bonds is 2. The summed E-state index contributed by atoms with van der Waals surface area (Å²) in [6.45, 7) is 4.36. The topological polar surface area (TPSA) is 84.0 Å². The molecule has 2 aliphatic rings. The van der Waals surface area contributed by atoms with E-state index in [1.54, 1.807) is 4.90 Å². The summed E-state index contributed by atoms with van der Waals surface area (Å²) in [7, 11) is 0. The molecule has 0 spiro atoms. The highest BCUT2D eigenvalue weighted by atomic mass is 19.4. The Morgan fingerprint density at radius 3 is 2.78 bits per heavy atom. The normalized spacial score (nSPS) is 23.1. The molecule has 2 aromatic heterocycles. The first kappa shape index (κ1) is 17.9. The Kier molecular flexibility index (Phi) is 4.17. The largest absolute Gasteiger partial charge is 0.433 e. The Morgan fingerprint density at radius 1 is 1.33 bits per heavy atom. The van der Waals surface area contributed by atoms with E-state index < -0.39 is 11.9 Å². The number of amides is 1. The van der Waals surface area contributed by atoms with Crippen LogP contribution in [0.5, 0.6) is 0 Å². The van der Waals surface area contributed by atoms with Gasteiger partial charge in [0.2, 0.25) is 0 Å². The maximum absolute atomic E-state index is 12.8. The first-order valence-corrected chi connectivity index (χ1v) is 8.66. The summed E-state index contributed by atoms with van der Waals surface area (Å²) >= 11 is 0. The molecule has 0 bridgehead atoms. The van der Waals surface area contributed by atoms with Crippen LogP contribution >= 0.6 is 0 Å². The van der Waals surface area contributed by atoms with E-state index in [2.05, 4.69) is 20.2 Å². The summed E-state index contributed by atoms with van der Waals surface area (Å²) in [5.74, 6) is -0.446. The molecule has 2 aromatic rings. The molecule has 27 heavy (non-hydrogen) atoms. The van der Waals surface area contributed by atoms with Gasteiger partial charge >= 0.3 is 6.18 Å². The zero-order chi connectivity index (χ0) is 19.3. The number of hydrogen-bond acceptors (Lipinski definition) is 5. The van der Waals surface area contributed by atoms with Crippen molar-refractivity contribution < 1.29 is 22.7 Å². The second-order valence-corrected chi connectivity index (χ2v) is 6.96. The number of ether oxygens (including phenoxy) is 1. The number of hydrogen-bond donors (Lipinski definition) is 1. The van der Waals surface area contributed by atoms with Gasteiger partial charge in [0.05, 0.1) is 23.8 Å². The van der Waals surface area contributed by atoms with Crippen LogP contribution in [-0.2, 0) is 17.3 Å². The van der Waals surface area contributed by atoms with Crippen molar-refractivity contribution in [3.05, 3.63) is 40.7 Å². The van der Waals surface area contributed by atoms with E-state index in [0.717, 1.165) is 23.5 Å². The quantitative estimate of drug-likeness (QED) is 0.864. The number of H-pyrrole nitrogens is 1. The van der Waals surface area contributed by atoms with Crippen LogP contribution in [0.25, 0.3) is 0 Å². The van der Waals surface area contributed by atoms with E-state index in [1.807, 2.05) is 13.8 Å². The molecule has 0 aromatic carbocycles. The number of aromatic amines is 1. The highest BCUT2D eigenvalue weighted by Crippen LogP contribution is 2.33. The van der Waals surface area contributed by atoms with Gasteiger partial charge in [-0.25, -0.2) is 9.97 Å². The summed E-state index contributed by atoms with van der Waals surface area (Å²) in [6.07, 6.45) is -3.01. The molecular weight excluding hydrogens is 363 g/mol. The Balaban J connectivity index is 1.47. The molecular formula is C17H18F3N5O2. The second kappa shape index (κ2) is 6.29. The zero-order valence-corrected chi connectivity index (χ0v) is 14.7. The van der Waals surface area contributed by atoms with Crippen LogP contribution in [0, 0.1) is 0 Å². The first-order chi connectivity index (χ1) is 12.7. The van der Waals surface area contributed by atoms with Gasteiger partial charge < -0.3 is 9.64 Å². The van der Waals surface area contributed by atoms with Crippen molar-refractivity contribution in [2.75, 3.05) is 13.1 Å². The van der Waals surface area contributed by atoms with Gasteiger partial charge in [0, 0.05) is 31.3 Å². The second-order valence-electron chi connectivity index (χ2n) is 6.96. The van der Waals surface area contributed by atoms with Gasteiger partial charge in [-0.3, -0.25) is 9.89 Å². The van der Waals surface area contributed by atoms with E-state index in [1.165, 1.54) is 0 Å². The lowest BCUT2D eigenvalue weighted by molar-refractivity contribution is -0.141. The van der Waals surface area contributed by atoms with Crippen molar-refractivity contribution >= 4 is 5.91 Å². The van der Waals surface area contributed by atoms with E-state index in [0.29, 0.717) is 12.1 Å². The standard InChI is InChI=1S/C17H18F3N5O2/c1-8-5-11-13(9(2)27-8)23-24-14(11)16(26)25-6-10(7-25)15-21-4-3-12(22-15)17(18,19)20/h3-4,8-10H,5-7H2,1-2H3,(H,23,24)/t8-,9+/m1/s1. The number of nitrogens with zero attached hydrogens (tertiary/aromatic N) is 4. The molecule has 1 amide bonds. The van der Waals surface area contributed by atoms with Gasteiger partial charge in [0.1, 0.15) is 11.5 Å². The number of carbonyl (C=O) groups is 1. The molecule has 0 radical (unpaired) electrons. The fourth-order valence-electron chi connectivity index (χ4n) is 3.54. The summed E-state index contributed by atoms with van der Waals surface area (Å²) < 4.78 is 44.1. The maximum Gasteiger partial charge on any atom is 0.433 e. The predicted octanol–water partition coefficient (Wildman–Crippen LogP) is 2.48. The number of halogens is 3. The van der Waals surface area contributed by atoms with E-state index in [-0.39, 0.29) is 42.9 Å². The number of aromatic nitrogens is 4. The molecule has 10 heteroatoms. The lowest BCUT2D eigenvalue weighted by atomic mass is 9.95. The summed E-state index contributed by atoms with van der Waals surface area (Å²) in [5.41, 5.74) is 1.04. The Labute approximate surface area is 152 Å². The van der Waals surface area contributed by atoms with Gasteiger partial charge in [0.15, 0.2) is 5.69 Å². The van der Waals surface area contributed by atoms with Crippen LogP contribution in [0.4, 0.5) is 13.2 Å². The fraction of sp³-hybridized carbons (Fsp3) is 0.529. The molecule has 0 saturated carbocycles. The molecule has 0 unspecified atom stereocenters. The molecule has 1 saturated heterocycles. The molecule has 2 aliphatic heterocycles. The summed E-state index contributed by atoms with van der Waals surface area (Å²) in [5, 5.41) is 7.03. The lowest BCUT2D eigenvalue weighted by Crippen LogP contribution is -2.49. The molecule has 7 nitrogen and oxygen atoms in total. The first-order valence-electron chi connectivity index (χ1n) is 8.66. The van der Waals surface area contributed by atoms with Crippen LogP contribution in [0.3, 0.4) is 0 Å². The van der Waals surface area contributed by atoms with Crippen molar-refractivity contribution in [1.82, 2.24) is 25.1 Å². The number of fused-ring (bicyclic) bond motifs is 1. The average molecular weight is 381 g/mol. The van der Waals surface area contributed by atoms with Crippen LogP contribution in [0.1, 0.15) is 59.1 Å². The number of nitrogens with one attached hydrogen (secondary N) is 1. The highest BCUT2D eigenvalue weighted by Gasteiger charge is 2.39. The molecule has 4 rings (SSSR count). The van der Waals surface area contributed by atoms with E-state index >= 15 is 0 Å². The average Bonchev–Trinajstić information content (AvgIpc) is 2.97. The minimum Gasteiger partial charge on any atom is -0.369 e. The monoisotopic (exact) mass is 381 g/mol. The molecule has 144 valence electrons. The van der Waals surface area contributed by atoms with Crippen molar-refractivity contribution in [3.63, 3.8) is 0 Å². The molecule has 4 heterocycles. The number of alkyl halides is 3. The Hall–Kier alpha value is -2.49. The molecule has 1 fully saturated rings. The van der Waals surface area contributed by atoms with Crippen molar-refractivity contribution in [2.45, 2.75) is 44.6 Å². The van der Waals surface area contributed by atoms with Gasteiger partial charge in [-0.15, -0.1) is 0 Å². The van der Waals surface area contributed by atoms with Crippen molar-refractivity contribution in [2.24, 2.45) is 0 Å². The Bertz CT molecular complexity index is 876. The highest BCUT2D eigenvalue weighted by molar-refractivity contribution is 5.94. The minimum atomic E-state index is -4.51. The van der Waals surface area contributed by atoms with Crippen LogP contribution in [0.2, 0.25) is 0 Å². The lowest BCUT2D eigenvalue weighted by Gasteiger charge is -2.38. The maximum atomic E-state index is 12.8. The van der Waals surface area contributed by atoms with Gasteiger partial charge in [-0.2, -0.15) is 18.3 Å². The van der Waals surface area contributed by atoms with E-state index in [9.17, 15) is 18.0 Å².